The molecule has 0 aromatic heterocycles. The summed E-state index contributed by atoms with van der Waals surface area (Å²) >= 11 is 0. The van der Waals surface area contributed by atoms with Crippen LogP contribution in [0.15, 0.2) is 0 Å². The van der Waals surface area contributed by atoms with E-state index in [1.54, 1.807) is 0 Å². The first-order valence-corrected chi connectivity index (χ1v) is 7.45. The normalized spacial score (nSPS) is 29.2. The number of hydrogen-bond donors (Lipinski definition) is 1. The van der Waals surface area contributed by atoms with Crippen molar-refractivity contribution >= 4 is 0 Å². The van der Waals surface area contributed by atoms with E-state index in [1.165, 1.54) is 45.3 Å². The van der Waals surface area contributed by atoms with Crippen molar-refractivity contribution in [2.45, 2.75) is 32.6 Å². The number of likely N-dealkylation sites (N-methyl/N-ethyl adjacent to an activating group) is 2. The third kappa shape index (κ3) is 5.25. The van der Waals surface area contributed by atoms with Crippen molar-refractivity contribution in [3.05, 3.63) is 0 Å². The van der Waals surface area contributed by atoms with Crippen LogP contribution in [0.5, 0.6) is 0 Å². The minimum absolute atomic E-state index is 0.516. The first-order valence-electron chi connectivity index (χ1n) is 7.45. The van der Waals surface area contributed by atoms with Crippen molar-refractivity contribution in [3.8, 4) is 0 Å². The van der Waals surface area contributed by atoms with Gasteiger partial charge in [-0.15, -0.1) is 0 Å². The largest absolute Gasteiger partial charge is 0.319 e. The van der Waals surface area contributed by atoms with Crippen molar-refractivity contribution in [2.24, 2.45) is 11.3 Å². The Morgan fingerprint density at radius 2 is 1.72 bits per heavy atom. The molecule has 0 amide bonds. The Labute approximate surface area is 114 Å². The molecule has 1 aliphatic rings. The second kappa shape index (κ2) is 7.46. The first kappa shape index (κ1) is 15.9. The summed E-state index contributed by atoms with van der Waals surface area (Å²) in [5.41, 5.74) is 0.516. The average Bonchev–Trinajstić information content (AvgIpc) is 2.31. The summed E-state index contributed by atoms with van der Waals surface area (Å²) < 4.78 is 0. The van der Waals surface area contributed by atoms with E-state index in [0.717, 1.165) is 12.5 Å². The lowest BCUT2D eigenvalue weighted by atomic mass is 9.70. The lowest BCUT2D eigenvalue weighted by molar-refractivity contribution is 0.0977. The molecule has 1 fully saturated rings. The molecule has 0 heterocycles. The van der Waals surface area contributed by atoms with Crippen LogP contribution in [0.3, 0.4) is 0 Å². The number of hydrogen-bond acceptors (Lipinski definition) is 3. The maximum absolute atomic E-state index is 3.43. The van der Waals surface area contributed by atoms with Crippen LogP contribution in [-0.2, 0) is 0 Å². The summed E-state index contributed by atoms with van der Waals surface area (Å²) in [5, 5.41) is 3.43. The van der Waals surface area contributed by atoms with Gasteiger partial charge in [-0.1, -0.05) is 19.8 Å². The Morgan fingerprint density at radius 1 is 1.11 bits per heavy atom. The van der Waals surface area contributed by atoms with Crippen LogP contribution in [0.2, 0.25) is 0 Å². The van der Waals surface area contributed by atoms with E-state index in [2.05, 4.69) is 50.2 Å². The van der Waals surface area contributed by atoms with Crippen molar-refractivity contribution in [2.75, 3.05) is 54.4 Å². The van der Waals surface area contributed by atoms with Gasteiger partial charge in [-0.2, -0.15) is 0 Å². The summed E-state index contributed by atoms with van der Waals surface area (Å²) in [7, 11) is 8.68. The van der Waals surface area contributed by atoms with Gasteiger partial charge >= 0.3 is 0 Å². The molecule has 0 bridgehead atoms. The quantitative estimate of drug-likeness (QED) is 0.749. The van der Waals surface area contributed by atoms with E-state index < -0.39 is 0 Å². The standard InChI is InChI=1S/C15H33N3/c1-14-6-8-15(9-7-14,12-16-2)13-18(5)11-10-17(3)4/h14,16H,6-13H2,1-5H3. The molecule has 3 nitrogen and oxygen atoms in total. The number of nitrogens with one attached hydrogen (secondary N) is 1. The Kier molecular flexibility index (Phi) is 6.61. The fraction of sp³-hybridized carbons (Fsp3) is 1.00. The fourth-order valence-electron chi connectivity index (χ4n) is 3.16. The van der Waals surface area contributed by atoms with Gasteiger partial charge in [0.25, 0.3) is 0 Å². The Bertz CT molecular complexity index is 220. The molecular weight excluding hydrogens is 222 g/mol. The molecule has 0 aromatic carbocycles. The molecule has 0 saturated heterocycles. The fourth-order valence-corrected chi connectivity index (χ4v) is 3.16. The van der Waals surface area contributed by atoms with Gasteiger partial charge in [0.05, 0.1) is 0 Å². The summed E-state index contributed by atoms with van der Waals surface area (Å²) in [5.74, 6) is 0.932. The highest BCUT2D eigenvalue weighted by atomic mass is 15.2. The van der Waals surface area contributed by atoms with Crippen LogP contribution in [0.1, 0.15) is 32.6 Å². The average molecular weight is 255 g/mol. The highest BCUT2D eigenvalue weighted by Gasteiger charge is 2.34. The topological polar surface area (TPSA) is 18.5 Å². The molecule has 0 radical (unpaired) electrons. The van der Waals surface area contributed by atoms with Gasteiger partial charge in [-0.3, -0.25) is 0 Å². The van der Waals surface area contributed by atoms with E-state index >= 15 is 0 Å². The van der Waals surface area contributed by atoms with E-state index in [9.17, 15) is 0 Å². The number of nitrogens with zero attached hydrogens (tertiary/aromatic N) is 2. The zero-order valence-electron chi connectivity index (χ0n) is 13.1. The smallest absolute Gasteiger partial charge is 0.0106 e. The molecule has 108 valence electrons. The highest BCUT2D eigenvalue weighted by Crippen LogP contribution is 2.38. The van der Waals surface area contributed by atoms with E-state index in [1.807, 2.05) is 0 Å². The maximum atomic E-state index is 3.43. The summed E-state index contributed by atoms with van der Waals surface area (Å²) in [6.45, 7) is 7.15. The monoisotopic (exact) mass is 255 g/mol. The Hall–Kier alpha value is -0.120. The van der Waals surface area contributed by atoms with Gasteiger partial charge in [-0.25, -0.2) is 0 Å². The molecule has 0 atom stereocenters. The first-order chi connectivity index (χ1) is 8.47. The summed E-state index contributed by atoms with van der Waals surface area (Å²) in [6, 6.07) is 0. The van der Waals surface area contributed by atoms with Crippen molar-refractivity contribution in [3.63, 3.8) is 0 Å². The summed E-state index contributed by atoms with van der Waals surface area (Å²) in [6.07, 6.45) is 5.59. The maximum Gasteiger partial charge on any atom is 0.0106 e. The third-order valence-corrected chi connectivity index (χ3v) is 4.42. The molecule has 18 heavy (non-hydrogen) atoms. The lowest BCUT2D eigenvalue weighted by Gasteiger charge is -2.42. The molecule has 0 aromatic rings. The van der Waals surface area contributed by atoms with Crippen LogP contribution < -0.4 is 5.32 Å². The minimum atomic E-state index is 0.516. The zero-order valence-corrected chi connectivity index (χ0v) is 13.1. The van der Waals surface area contributed by atoms with Gasteiger partial charge in [0.2, 0.25) is 0 Å². The van der Waals surface area contributed by atoms with Gasteiger partial charge < -0.3 is 15.1 Å². The van der Waals surface area contributed by atoms with Crippen LogP contribution in [-0.4, -0.2) is 64.2 Å². The molecular formula is C15H33N3. The lowest BCUT2D eigenvalue weighted by Crippen LogP contribution is -2.45. The van der Waals surface area contributed by atoms with Gasteiger partial charge in [0.1, 0.15) is 0 Å². The van der Waals surface area contributed by atoms with Crippen molar-refractivity contribution < 1.29 is 0 Å². The van der Waals surface area contributed by atoms with E-state index in [-0.39, 0.29) is 0 Å². The predicted molar refractivity (Wildman–Crippen MR) is 80.0 cm³/mol. The minimum Gasteiger partial charge on any atom is -0.319 e. The van der Waals surface area contributed by atoms with Crippen LogP contribution in [0, 0.1) is 11.3 Å². The molecule has 1 rings (SSSR count). The second-order valence-electron chi connectivity index (χ2n) is 6.75. The van der Waals surface area contributed by atoms with Gasteiger partial charge in [-0.05, 0) is 52.4 Å². The molecule has 0 spiro atoms. The highest BCUT2D eigenvalue weighted by molar-refractivity contribution is 4.88. The predicted octanol–water partition coefficient (Wildman–Crippen LogP) is 1.90. The van der Waals surface area contributed by atoms with E-state index in [0.29, 0.717) is 5.41 Å². The molecule has 1 saturated carbocycles. The SMILES string of the molecule is CNCC1(CN(C)CCN(C)C)CCC(C)CC1. The zero-order chi connectivity index (χ0) is 13.6. The molecule has 0 unspecified atom stereocenters. The molecule has 1 aliphatic carbocycles. The molecule has 3 heteroatoms. The van der Waals surface area contributed by atoms with Gasteiger partial charge in [0.15, 0.2) is 0 Å². The molecule has 1 N–H and O–H groups in total. The van der Waals surface area contributed by atoms with Gasteiger partial charge in [0, 0.05) is 26.2 Å². The van der Waals surface area contributed by atoms with E-state index in [4.69, 9.17) is 0 Å². The van der Waals surface area contributed by atoms with Crippen LogP contribution in [0.4, 0.5) is 0 Å². The summed E-state index contributed by atoms with van der Waals surface area (Å²) in [4.78, 5) is 4.79. The van der Waals surface area contributed by atoms with Crippen LogP contribution >= 0.6 is 0 Å². The second-order valence-corrected chi connectivity index (χ2v) is 6.75. The number of rotatable bonds is 7. The van der Waals surface area contributed by atoms with Crippen molar-refractivity contribution in [1.29, 1.82) is 0 Å². The Balaban J connectivity index is 2.46. The van der Waals surface area contributed by atoms with Crippen molar-refractivity contribution in [1.82, 2.24) is 15.1 Å². The third-order valence-electron chi connectivity index (χ3n) is 4.42. The van der Waals surface area contributed by atoms with Crippen LogP contribution in [0.25, 0.3) is 0 Å². The molecule has 0 aliphatic heterocycles. The Morgan fingerprint density at radius 3 is 2.22 bits per heavy atom.